The Morgan fingerprint density at radius 3 is 2.23 bits per heavy atom. The zero-order chi connectivity index (χ0) is 35.2. The van der Waals surface area contributed by atoms with Crippen molar-refractivity contribution in [1.29, 1.82) is 0 Å². The number of aliphatic hydroxyl groups excluding tert-OH is 4. The molecule has 2 spiro atoms. The number of rotatable bonds is 5. The van der Waals surface area contributed by atoms with Crippen molar-refractivity contribution in [3.63, 3.8) is 0 Å². The molecule has 0 bridgehead atoms. The lowest BCUT2D eigenvalue weighted by molar-refractivity contribution is -0.342. The van der Waals surface area contributed by atoms with E-state index in [2.05, 4.69) is 34.6 Å². The molecule has 5 aliphatic carbocycles. The van der Waals surface area contributed by atoms with Crippen LogP contribution in [-0.2, 0) is 23.7 Å². The Bertz CT molecular complexity index is 1300. The molecule has 0 radical (unpaired) electrons. The maximum Gasteiger partial charge on any atom is 0.303 e. The number of ether oxygens (including phenoxy) is 4. The fourth-order valence-corrected chi connectivity index (χ4v) is 13.8. The highest BCUT2D eigenvalue weighted by atomic mass is 16.7. The molecule has 274 valence electrons. The van der Waals surface area contributed by atoms with E-state index in [0.29, 0.717) is 12.3 Å². The van der Waals surface area contributed by atoms with Crippen LogP contribution < -0.4 is 0 Å². The lowest BCUT2D eigenvalue weighted by Gasteiger charge is -2.63. The number of carbonyl (C=O) groups is 1. The first-order valence-corrected chi connectivity index (χ1v) is 18.4. The van der Waals surface area contributed by atoms with Gasteiger partial charge in [0.2, 0.25) is 0 Å². The van der Waals surface area contributed by atoms with Crippen LogP contribution in [0, 0.1) is 50.7 Å². The molecule has 17 atom stereocenters. The van der Waals surface area contributed by atoms with Crippen LogP contribution in [0.4, 0.5) is 0 Å². The first kappa shape index (κ1) is 35.5. The van der Waals surface area contributed by atoms with Gasteiger partial charge in [-0.25, -0.2) is 0 Å². The molecule has 2 saturated heterocycles. The summed E-state index contributed by atoms with van der Waals surface area (Å²) in [7, 11) is 0. The SMILES string of the molecule is CC(=O)O[C@@H](C1C[C@@H](C)[C@H]2[C@@](O)(O1)[C@H](O)C1(C)C3CC[C@H]4C(C)(C)[C@@H](O[C@@H]5OCC(O)[C@H](O)[C@H]5O)CC[C@@]45CC35CC[C@]21C)C(C)(C)O. The quantitative estimate of drug-likeness (QED) is 0.186. The Morgan fingerprint density at radius 2 is 1.58 bits per heavy atom. The predicted molar refractivity (Wildman–Crippen MR) is 172 cm³/mol. The standard InChI is InChI=1S/C37H60O11/c1-18-15-21(28(32(5,6)43)46-19(2)38)48-37(44)27(18)33(7)13-14-36-17-35(36)12-11-24(47-29-26(41)25(40)20(39)16-45-29)31(3,4)22(35)9-10-23(36)34(33,8)30(37)42/h18,20-30,39-44H,9-17H2,1-8H3/t18-,20?,21?,22+,23?,24+,25+,26-,27-,28+,29+,30-,33-,34?,35-,36?,37-/m1/s1. The van der Waals surface area contributed by atoms with E-state index in [-0.39, 0.29) is 46.7 Å². The molecule has 2 aliphatic heterocycles. The largest absolute Gasteiger partial charge is 0.457 e. The summed E-state index contributed by atoms with van der Waals surface area (Å²) in [6.45, 7) is 15.4. The first-order chi connectivity index (χ1) is 22.1. The van der Waals surface area contributed by atoms with Gasteiger partial charge in [0, 0.05) is 18.3 Å². The number of hydrogen-bond acceptors (Lipinski definition) is 11. The molecule has 11 heteroatoms. The summed E-state index contributed by atoms with van der Waals surface area (Å²) in [6.07, 6.45) is -0.902. The number of esters is 1. The fourth-order valence-electron chi connectivity index (χ4n) is 13.8. The predicted octanol–water partition coefficient (Wildman–Crippen LogP) is 2.65. The molecule has 0 aromatic rings. The minimum Gasteiger partial charge on any atom is -0.457 e. The maximum atomic E-state index is 12.6. The second kappa shape index (κ2) is 10.8. The second-order valence-electron chi connectivity index (χ2n) is 18.8. The smallest absolute Gasteiger partial charge is 0.303 e. The van der Waals surface area contributed by atoms with Gasteiger partial charge in [-0.05, 0) is 105 Å². The molecule has 7 rings (SSSR count). The minimum absolute atomic E-state index is 0.0222. The van der Waals surface area contributed by atoms with Gasteiger partial charge in [-0.1, -0.05) is 34.6 Å². The molecule has 48 heavy (non-hydrogen) atoms. The third-order valence-electron chi connectivity index (χ3n) is 15.9. The van der Waals surface area contributed by atoms with Gasteiger partial charge in [0.05, 0.1) is 18.3 Å². The average Bonchev–Trinajstić information content (AvgIpc) is 3.62. The Labute approximate surface area is 284 Å². The molecule has 6 N–H and O–H groups in total. The van der Waals surface area contributed by atoms with E-state index >= 15 is 0 Å². The van der Waals surface area contributed by atoms with Crippen molar-refractivity contribution in [2.75, 3.05) is 6.61 Å². The first-order valence-electron chi connectivity index (χ1n) is 18.4. The molecular weight excluding hydrogens is 620 g/mol. The van der Waals surface area contributed by atoms with Crippen LogP contribution in [0.25, 0.3) is 0 Å². The van der Waals surface area contributed by atoms with Gasteiger partial charge < -0.3 is 49.6 Å². The summed E-state index contributed by atoms with van der Waals surface area (Å²) in [6, 6.07) is 0. The van der Waals surface area contributed by atoms with Gasteiger partial charge >= 0.3 is 5.97 Å². The monoisotopic (exact) mass is 680 g/mol. The van der Waals surface area contributed by atoms with E-state index in [9.17, 15) is 35.4 Å². The van der Waals surface area contributed by atoms with Crippen LogP contribution in [0.15, 0.2) is 0 Å². The van der Waals surface area contributed by atoms with Crippen molar-refractivity contribution in [2.45, 2.75) is 167 Å². The van der Waals surface area contributed by atoms with Crippen molar-refractivity contribution in [3.8, 4) is 0 Å². The van der Waals surface area contributed by atoms with Crippen LogP contribution in [-0.4, -0.2) is 104 Å². The molecule has 5 saturated carbocycles. The van der Waals surface area contributed by atoms with Crippen molar-refractivity contribution >= 4 is 5.97 Å². The Morgan fingerprint density at radius 1 is 0.938 bits per heavy atom. The molecule has 0 aromatic carbocycles. The zero-order valence-electron chi connectivity index (χ0n) is 30.0. The molecule has 7 aliphatic rings. The van der Waals surface area contributed by atoms with Crippen LogP contribution in [0.5, 0.6) is 0 Å². The number of hydrogen-bond donors (Lipinski definition) is 6. The third kappa shape index (κ3) is 4.41. The van der Waals surface area contributed by atoms with Gasteiger partial charge in [-0.2, -0.15) is 0 Å². The second-order valence-corrected chi connectivity index (χ2v) is 18.8. The molecule has 5 unspecified atom stereocenters. The summed E-state index contributed by atoms with van der Waals surface area (Å²) in [4.78, 5) is 12.1. The van der Waals surface area contributed by atoms with E-state index in [1.54, 1.807) is 13.8 Å². The van der Waals surface area contributed by atoms with Crippen LogP contribution in [0.1, 0.15) is 107 Å². The van der Waals surface area contributed by atoms with E-state index in [4.69, 9.17) is 18.9 Å². The Kier molecular flexibility index (Phi) is 8.01. The van der Waals surface area contributed by atoms with Crippen LogP contribution >= 0.6 is 0 Å². The average molecular weight is 681 g/mol. The number of fused-ring (bicyclic) bond motifs is 4. The highest BCUT2D eigenvalue weighted by molar-refractivity contribution is 5.66. The molecule has 2 heterocycles. The molecule has 0 amide bonds. The van der Waals surface area contributed by atoms with Gasteiger partial charge in [0.15, 0.2) is 18.2 Å². The summed E-state index contributed by atoms with van der Waals surface area (Å²) >= 11 is 0. The number of carbonyl (C=O) groups excluding carboxylic acids is 1. The summed E-state index contributed by atoms with van der Waals surface area (Å²) in [5, 5.41) is 67.0. The van der Waals surface area contributed by atoms with Gasteiger partial charge in [-0.3, -0.25) is 4.79 Å². The lowest BCUT2D eigenvalue weighted by Crippen LogP contribution is -2.62. The molecule has 7 fully saturated rings. The third-order valence-corrected chi connectivity index (χ3v) is 15.9. The van der Waals surface area contributed by atoms with Crippen LogP contribution in [0.3, 0.4) is 0 Å². The van der Waals surface area contributed by atoms with Gasteiger partial charge in [0.25, 0.3) is 0 Å². The summed E-state index contributed by atoms with van der Waals surface area (Å²) in [5.74, 6) is -2.26. The normalized spacial score (nSPS) is 56.1. The van der Waals surface area contributed by atoms with Crippen LogP contribution in [0.2, 0.25) is 0 Å². The fraction of sp³-hybridized carbons (Fsp3) is 0.973. The van der Waals surface area contributed by atoms with Crippen molar-refractivity contribution < 1.29 is 54.4 Å². The Balaban J connectivity index is 1.17. The Hall–Kier alpha value is -0.890. The lowest BCUT2D eigenvalue weighted by atomic mass is 9.41. The van der Waals surface area contributed by atoms with Crippen molar-refractivity contribution in [3.05, 3.63) is 0 Å². The maximum absolute atomic E-state index is 12.6. The zero-order valence-corrected chi connectivity index (χ0v) is 30.0. The number of aliphatic hydroxyl groups is 6. The highest BCUT2D eigenvalue weighted by Gasteiger charge is 2.86. The van der Waals surface area contributed by atoms with E-state index < -0.39 is 71.1 Å². The van der Waals surface area contributed by atoms with Crippen molar-refractivity contribution in [1.82, 2.24) is 0 Å². The van der Waals surface area contributed by atoms with E-state index in [1.165, 1.54) is 6.92 Å². The minimum atomic E-state index is -1.86. The summed E-state index contributed by atoms with van der Waals surface area (Å²) in [5.41, 5.74) is -2.59. The highest BCUT2D eigenvalue weighted by Crippen LogP contribution is 2.89. The topological polar surface area (TPSA) is 175 Å². The molecule has 0 aromatic heterocycles. The summed E-state index contributed by atoms with van der Waals surface area (Å²) < 4.78 is 24.2. The van der Waals surface area contributed by atoms with E-state index in [0.717, 1.165) is 44.9 Å². The van der Waals surface area contributed by atoms with Gasteiger partial charge in [-0.15, -0.1) is 0 Å². The van der Waals surface area contributed by atoms with Crippen molar-refractivity contribution in [2.24, 2.45) is 50.7 Å². The molecule has 11 nitrogen and oxygen atoms in total. The van der Waals surface area contributed by atoms with Gasteiger partial charge in [0.1, 0.15) is 30.5 Å². The molecular formula is C37H60O11. The van der Waals surface area contributed by atoms with E-state index in [1.807, 2.05) is 0 Å².